The number of fused-ring (bicyclic) bond motifs is 1. The second-order valence-corrected chi connectivity index (χ2v) is 10.3. The van der Waals surface area contributed by atoms with Crippen molar-refractivity contribution in [3.63, 3.8) is 0 Å². The van der Waals surface area contributed by atoms with Crippen molar-refractivity contribution in [2.24, 2.45) is 5.41 Å². The molecule has 0 saturated carbocycles. The molecule has 1 aliphatic rings. The average Bonchev–Trinajstić information content (AvgIpc) is 2.77. The Morgan fingerprint density at radius 2 is 1.93 bits per heavy atom. The lowest BCUT2D eigenvalue weighted by atomic mass is 9.69. The summed E-state index contributed by atoms with van der Waals surface area (Å²) in [4.78, 5) is 11.7. The van der Waals surface area contributed by atoms with Gasteiger partial charge in [0.05, 0.1) is 16.8 Å². The van der Waals surface area contributed by atoms with Gasteiger partial charge in [0.15, 0.2) is 9.84 Å². The molecule has 0 radical (unpaired) electrons. The first-order valence-corrected chi connectivity index (χ1v) is 12.0. The van der Waals surface area contributed by atoms with Gasteiger partial charge < -0.3 is 5.11 Å². The van der Waals surface area contributed by atoms with Gasteiger partial charge in [0.1, 0.15) is 6.29 Å². The molecule has 2 aromatic rings. The van der Waals surface area contributed by atoms with E-state index in [-0.39, 0.29) is 10.6 Å². The fraction of sp³-hybridized carbons (Fsp3) is 0.458. The molecule has 1 aliphatic heterocycles. The minimum Gasteiger partial charge on any atom is -0.392 e. The van der Waals surface area contributed by atoms with Crippen LogP contribution < -0.4 is 0 Å². The summed E-state index contributed by atoms with van der Waals surface area (Å²) in [6.07, 6.45) is 2.88. The second kappa shape index (κ2) is 8.41. The fourth-order valence-corrected chi connectivity index (χ4v) is 6.95. The SMILES string of the molecule is CCCC[C@]1(CC)CS(=O)(=O)c2ccc(C=O)cc2[C@@H](c2cccc(C)c2)[C@H]1O. The highest BCUT2D eigenvalue weighted by atomic mass is 32.2. The van der Waals surface area contributed by atoms with Gasteiger partial charge in [-0.05, 0) is 43.0 Å². The quantitative estimate of drug-likeness (QED) is 0.697. The van der Waals surface area contributed by atoms with Crippen molar-refractivity contribution in [1.29, 1.82) is 0 Å². The van der Waals surface area contributed by atoms with E-state index in [2.05, 4.69) is 6.92 Å². The molecule has 1 N–H and O–H groups in total. The monoisotopic (exact) mass is 414 g/mol. The summed E-state index contributed by atoms with van der Waals surface area (Å²) in [5.74, 6) is -0.577. The summed E-state index contributed by atoms with van der Waals surface area (Å²) in [5.41, 5.74) is 2.14. The van der Waals surface area contributed by atoms with Crippen LogP contribution in [0, 0.1) is 12.3 Å². The Morgan fingerprint density at radius 1 is 1.17 bits per heavy atom. The third-order valence-electron chi connectivity index (χ3n) is 6.39. The Morgan fingerprint density at radius 3 is 2.55 bits per heavy atom. The minimum atomic E-state index is -3.61. The van der Waals surface area contributed by atoms with Crippen LogP contribution in [0.3, 0.4) is 0 Å². The average molecular weight is 415 g/mol. The van der Waals surface area contributed by atoms with Crippen LogP contribution >= 0.6 is 0 Å². The van der Waals surface area contributed by atoms with Crippen LogP contribution in [0.1, 0.15) is 72.5 Å². The number of unbranched alkanes of at least 4 members (excludes halogenated alkanes) is 1. The molecule has 29 heavy (non-hydrogen) atoms. The molecule has 156 valence electrons. The lowest BCUT2D eigenvalue weighted by Crippen LogP contribution is -2.42. The number of aliphatic hydroxyl groups is 1. The summed E-state index contributed by atoms with van der Waals surface area (Å²) in [6, 6.07) is 12.6. The predicted molar refractivity (Wildman–Crippen MR) is 115 cm³/mol. The number of carbonyl (C=O) groups is 1. The van der Waals surface area contributed by atoms with Gasteiger partial charge in [-0.15, -0.1) is 0 Å². The smallest absolute Gasteiger partial charge is 0.179 e. The highest BCUT2D eigenvalue weighted by Crippen LogP contribution is 2.48. The van der Waals surface area contributed by atoms with E-state index in [9.17, 15) is 18.3 Å². The lowest BCUT2D eigenvalue weighted by molar-refractivity contribution is 0.0174. The summed E-state index contributed by atoms with van der Waals surface area (Å²) < 4.78 is 26.8. The van der Waals surface area contributed by atoms with Gasteiger partial charge in [0.25, 0.3) is 0 Å². The number of rotatable bonds is 6. The Balaban J connectivity index is 2.32. The van der Waals surface area contributed by atoms with Gasteiger partial charge in [-0.3, -0.25) is 4.79 Å². The zero-order chi connectivity index (χ0) is 21.2. The number of hydrogen-bond donors (Lipinski definition) is 1. The highest BCUT2D eigenvalue weighted by Gasteiger charge is 2.48. The molecule has 5 heteroatoms. The Kier molecular flexibility index (Phi) is 6.30. The van der Waals surface area contributed by atoms with Gasteiger partial charge in [-0.2, -0.15) is 0 Å². The number of aryl methyl sites for hydroxylation is 1. The molecule has 0 unspecified atom stereocenters. The molecular weight excluding hydrogens is 384 g/mol. The molecule has 0 bridgehead atoms. The Labute approximate surface area is 173 Å². The van der Waals surface area contributed by atoms with Crippen molar-refractivity contribution >= 4 is 16.1 Å². The van der Waals surface area contributed by atoms with E-state index < -0.39 is 27.3 Å². The van der Waals surface area contributed by atoms with Gasteiger partial charge in [0, 0.05) is 16.9 Å². The molecular formula is C24H30O4S. The number of carbonyl (C=O) groups excluding carboxylic acids is 1. The molecule has 4 nitrogen and oxygen atoms in total. The van der Waals surface area contributed by atoms with Crippen LogP contribution in [0.4, 0.5) is 0 Å². The molecule has 0 amide bonds. The maximum Gasteiger partial charge on any atom is 0.179 e. The summed E-state index contributed by atoms with van der Waals surface area (Å²) in [6.45, 7) is 6.02. The van der Waals surface area contributed by atoms with Gasteiger partial charge in [-0.1, -0.05) is 62.6 Å². The number of aldehydes is 1. The van der Waals surface area contributed by atoms with E-state index >= 15 is 0 Å². The van der Waals surface area contributed by atoms with Crippen LogP contribution in [0.5, 0.6) is 0 Å². The largest absolute Gasteiger partial charge is 0.392 e. The first-order valence-electron chi connectivity index (χ1n) is 10.3. The summed E-state index contributed by atoms with van der Waals surface area (Å²) in [7, 11) is -3.61. The second-order valence-electron chi connectivity index (χ2n) is 8.33. The van der Waals surface area contributed by atoms with Crippen molar-refractivity contribution in [1.82, 2.24) is 0 Å². The molecule has 0 aromatic heterocycles. The number of sulfone groups is 1. The number of aliphatic hydroxyl groups excluding tert-OH is 1. The normalized spacial score (nSPS) is 25.8. The van der Waals surface area contributed by atoms with Gasteiger partial charge in [-0.25, -0.2) is 8.42 Å². The summed E-state index contributed by atoms with van der Waals surface area (Å²) >= 11 is 0. The summed E-state index contributed by atoms with van der Waals surface area (Å²) in [5, 5.41) is 11.7. The fourth-order valence-electron chi connectivity index (χ4n) is 4.69. The zero-order valence-electron chi connectivity index (χ0n) is 17.4. The molecule has 1 heterocycles. The Hall–Kier alpha value is -1.98. The van der Waals surface area contributed by atoms with E-state index in [1.165, 1.54) is 6.07 Å². The van der Waals surface area contributed by atoms with E-state index in [1.54, 1.807) is 12.1 Å². The van der Waals surface area contributed by atoms with E-state index in [1.807, 2.05) is 38.1 Å². The lowest BCUT2D eigenvalue weighted by Gasteiger charge is -2.39. The Bertz CT molecular complexity index is 996. The first kappa shape index (κ1) is 21.7. The molecule has 2 aromatic carbocycles. The molecule has 0 spiro atoms. The van der Waals surface area contributed by atoms with Crippen molar-refractivity contribution < 1.29 is 18.3 Å². The van der Waals surface area contributed by atoms with Crippen molar-refractivity contribution in [2.75, 3.05) is 5.75 Å². The van der Waals surface area contributed by atoms with Crippen LogP contribution in [-0.2, 0) is 9.84 Å². The molecule has 0 fully saturated rings. The van der Waals surface area contributed by atoms with Crippen molar-refractivity contribution in [2.45, 2.75) is 63.4 Å². The first-order chi connectivity index (χ1) is 13.8. The van der Waals surface area contributed by atoms with Crippen LogP contribution in [0.2, 0.25) is 0 Å². The zero-order valence-corrected chi connectivity index (χ0v) is 18.2. The predicted octanol–water partition coefficient (Wildman–Crippen LogP) is 4.67. The molecule has 0 saturated heterocycles. The van der Waals surface area contributed by atoms with E-state index in [0.29, 0.717) is 24.0 Å². The number of hydrogen-bond acceptors (Lipinski definition) is 4. The third kappa shape index (κ3) is 4.03. The topological polar surface area (TPSA) is 71.4 Å². The highest BCUT2D eigenvalue weighted by molar-refractivity contribution is 7.91. The van der Waals surface area contributed by atoms with Crippen LogP contribution in [0.25, 0.3) is 0 Å². The van der Waals surface area contributed by atoms with Crippen molar-refractivity contribution in [3.8, 4) is 0 Å². The van der Waals surface area contributed by atoms with E-state index in [4.69, 9.17) is 0 Å². The van der Waals surface area contributed by atoms with Crippen LogP contribution in [0.15, 0.2) is 47.4 Å². The van der Waals surface area contributed by atoms with Crippen molar-refractivity contribution in [3.05, 3.63) is 64.7 Å². The van der Waals surface area contributed by atoms with E-state index in [0.717, 1.165) is 30.3 Å². The maximum absolute atomic E-state index is 13.4. The maximum atomic E-state index is 13.4. The molecule has 3 atom stereocenters. The minimum absolute atomic E-state index is 0.0760. The molecule has 3 rings (SSSR count). The van der Waals surface area contributed by atoms with Gasteiger partial charge >= 0.3 is 0 Å². The molecule has 0 aliphatic carbocycles. The number of benzene rings is 2. The third-order valence-corrected chi connectivity index (χ3v) is 8.39. The van der Waals surface area contributed by atoms with Crippen LogP contribution in [-0.4, -0.2) is 31.7 Å². The van der Waals surface area contributed by atoms with Gasteiger partial charge in [0.2, 0.25) is 0 Å². The standard InChI is InChI=1S/C24H30O4S/c1-4-6-12-24(5-2)16-29(27,28)21-11-10-18(15-25)14-20(21)22(23(24)26)19-9-7-8-17(3)13-19/h7-11,13-15,22-23,26H,4-6,12,16H2,1-3H3/t22-,23-,24-/m1/s1.